The van der Waals surface area contributed by atoms with E-state index in [4.69, 9.17) is 19.2 Å². The van der Waals surface area contributed by atoms with Gasteiger partial charge in [-0.05, 0) is 84.8 Å². The lowest BCUT2D eigenvalue weighted by molar-refractivity contribution is -0.139. The molecule has 0 unspecified atom stereocenters. The van der Waals surface area contributed by atoms with Crippen LogP contribution < -0.4 is 24.4 Å². The molecular weight excluding hydrogens is 699 g/mol. The second kappa shape index (κ2) is 12.7. The SMILES string of the molecule is CCCC1=C(C(=O)OCC)[C@H](c2cc(Br)ccc2OC)n2c(s/c(=C/c3cc(I)c(O)c(OCC)c3)c2=O)=N1. The largest absolute Gasteiger partial charge is 0.504 e. The molecule has 3 aromatic rings. The Morgan fingerprint density at radius 3 is 2.64 bits per heavy atom. The van der Waals surface area contributed by atoms with Gasteiger partial charge in [-0.15, -0.1) is 0 Å². The minimum Gasteiger partial charge on any atom is -0.504 e. The molecule has 39 heavy (non-hydrogen) atoms. The molecule has 0 fully saturated rings. The van der Waals surface area contributed by atoms with Gasteiger partial charge in [-0.25, -0.2) is 9.79 Å². The van der Waals surface area contributed by atoms with Crippen LogP contribution in [0.3, 0.4) is 0 Å². The number of phenolic OH excluding ortho intramolecular Hbond substituents is 1. The summed E-state index contributed by atoms with van der Waals surface area (Å²) in [7, 11) is 1.56. The third-order valence-electron chi connectivity index (χ3n) is 6.03. The van der Waals surface area contributed by atoms with E-state index < -0.39 is 12.0 Å². The molecule has 0 aliphatic carbocycles. The second-order valence-electron chi connectivity index (χ2n) is 8.58. The summed E-state index contributed by atoms with van der Waals surface area (Å²) in [6.45, 7) is 6.17. The third kappa shape index (κ3) is 5.94. The summed E-state index contributed by atoms with van der Waals surface area (Å²) in [4.78, 5) is 32.7. The molecule has 8 nitrogen and oxygen atoms in total. The maximum absolute atomic E-state index is 14.0. The van der Waals surface area contributed by atoms with Crippen molar-refractivity contribution in [3.63, 3.8) is 0 Å². The molecular formula is C28H28BrIN2O6S. The lowest BCUT2D eigenvalue weighted by Crippen LogP contribution is -2.40. The number of carbonyl (C=O) groups excluding carboxylic acids is 1. The molecule has 1 aliphatic rings. The van der Waals surface area contributed by atoms with E-state index in [1.807, 2.05) is 48.6 Å². The van der Waals surface area contributed by atoms with E-state index in [-0.39, 0.29) is 17.9 Å². The molecule has 206 valence electrons. The van der Waals surface area contributed by atoms with Crippen LogP contribution in [-0.2, 0) is 9.53 Å². The molecule has 0 amide bonds. The lowest BCUT2D eigenvalue weighted by atomic mass is 9.93. The number of esters is 1. The number of ether oxygens (including phenoxy) is 3. The van der Waals surface area contributed by atoms with E-state index in [0.717, 1.165) is 10.9 Å². The Hall–Kier alpha value is -2.64. The molecule has 0 radical (unpaired) electrons. The monoisotopic (exact) mass is 726 g/mol. The van der Waals surface area contributed by atoms with E-state index in [0.29, 0.717) is 59.8 Å². The van der Waals surface area contributed by atoms with Crippen LogP contribution in [-0.4, -0.2) is 36.0 Å². The van der Waals surface area contributed by atoms with Crippen LogP contribution in [0.25, 0.3) is 6.08 Å². The number of hydrogen-bond donors (Lipinski definition) is 1. The van der Waals surface area contributed by atoms with Gasteiger partial charge >= 0.3 is 5.97 Å². The van der Waals surface area contributed by atoms with Gasteiger partial charge in [0.05, 0.1) is 39.7 Å². The quantitative estimate of drug-likeness (QED) is 0.245. The number of thiazole rings is 1. The average molecular weight is 727 g/mol. The Bertz CT molecular complexity index is 1630. The van der Waals surface area contributed by atoms with Gasteiger partial charge < -0.3 is 19.3 Å². The smallest absolute Gasteiger partial charge is 0.338 e. The summed E-state index contributed by atoms with van der Waals surface area (Å²) in [5.41, 5.74) is 1.95. The number of carbonyl (C=O) groups is 1. The summed E-state index contributed by atoms with van der Waals surface area (Å²) in [5, 5.41) is 10.4. The van der Waals surface area contributed by atoms with Gasteiger partial charge in [-0.2, -0.15) is 0 Å². The van der Waals surface area contributed by atoms with E-state index >= 15 is 0 Å². The molecule has 4 rings (SSSR count). The van der Waals surface area contributed by atoms with Crippen molar-refractivity contribution in [1.82, 2.24) is 4.57 Å². The minimum atomic E-state index is -0.796. The first kappa shape index (κ1) is 29.3. The van der Waals surface area contributed by atoms with Crippen molar-refractivity contribution < 1.29 is 24.1 Å². The maximum atomic E-state index is 14.0. The van der Waals surface area contributed by atoms with Crippen LogP contribution in [0.4, 0.5) is 0 Å². The topological polar surface area (TPSA) is 99.4 Å². The van der Waals surface area contributed by atoms with Gasteiger partial charge in [0.1, 0.15) is 11.8 Å². The number of benzene rings is 2. The predicted octanol–water partition coefficient (Wildman–Crippen LogP) is 5.06. The van der Waals surface area contributed by atoms with Crippen molar-refractivity contribution in [1.29, 1.82) is 0 Å². The molecule has 0 saturated heterocycles. The first-order chi connectivity index (χ1) is 18.7. The summed E-state index contributed by atoms with van der Waals surface area (Å²) in [6, 6.07) is 8.17. The van der Waals surface area contributed by atoms with E-state index in [2.05, 4.69) is 15.9 Å². The van der Waals surface area contributed by atoms with Crippen LogP contribution in [0.2, 0.25) is 0 Å². The number of aromatic hydroxyl groups is 1. The Kier molecular flexibility index (Phi) is 9.55. The fourth-order valence-corrected chi connectivity index (χ4v) is 6.45. The molecule has 2 aromatic carbocycles. The van der Waals surface area contributed by atoms with Crippen LogP contribution in [0.1, 0.15) is 50.8 Å². The molecule has 11 heteroatoms. The molecule has 1 N–H and O–H groups in total. The average Bonchev–Trinajstić information content (AvgIpc) is 3.20. The Morgan fingerprint density at radius 1 is 1.21 bits per heavy atom. The number of methoxy groups -OCH3 is 1. The third-order valence-corrected chi connectivity index (χ3v) is 8.33. The number of hydrogen-bond acceptors (Lipinski definition) is 8. The number of aromatic nitrogens is 1. The highest BCUT2D eigenvalue weighted by Crippen LogP contribution is 2.38. The summed E-state index contributed by atoms with van der Waals surface area (Å²) < 4.78 is 20.1. The Balaban J connectivity index is 2.03. The van der Waals surface area contributed by atoms with E-state index in [1.54, 1.807) is 42.9 Å². The highest BCUT2D eigenvalue weighted by Gasteiger charge is 2.36. The van der Waals surface area contributed by atoms with E-state index in [1.165, 1.54) is 11.3 Å². The number of rotatable bonds is 9. The number of halogens is 2. The molecule has 0 bridgehead atoms. The molecule has 0 spiro atoms. The van der Waals surface area contributed by atoms with Crippen molar-refractivity contribution in [2.75, 3.05) is 20.3 Å². The lowest BCUT2D eigenvalue weighted by Gasteiger charge is -2.27. The molecule has 0 saturated carbocycles. The van der Waals surface area contributed by atoms with Crippen molar-refractivity contribution in [2.24, 2.45) is 4.99 Å². The summed E-state index contributed by atoms with van der Waals surface area (Å²) in [5.74, 6) is 0.420. The zero-order valence-electron chi connectivity index (χ0n) is 21.9. The van der Waals surface area contributed by atoms with Gasteiger partial charge in [0.15, 0.2) is 16.3 Å². The number of allylic oxidation sites excluding steroid dienone is 1. The number of fused-ring (bicyclic) bond motifs is 1. The number of nitrogens with zero attached hydrogens (tertiary/aromatic N) is 2. The first-order valence-electron chi connectivity index (χ1n) is 12.4. The van der Waals surface area contributed by atoms with E-state index in [9.17, 15) is 14.7 Å². The van der Waals surface area contributed by atoms with Crippen LogP contribution >= 0.6 is 49.9 Å². The maximum Gasteiger partial charge on any atom is 0.338 e. The van der Waals surface area contributed by atoms with Gasteiger partial charge in [0, 0.05) is 10.0 Å². The predicted molar refractivity (Wildman–Crippen MR) is 162 cm³/mol. The molecule has 1 aliphatic heterocycles. The standard InChI is InChI=1S/C28H28BrIN2O6S/c1-5-8-19-23(27(35)38-7-3)24(17-14-16(29)9-10-20(17)36-4)32-26(34)22(39-28(32)31-19)13-15-11-18(30)25(33)21(12-15)37-6-2/h9-14,24,33H,5-8H2,1-4H3/b22-13+/t24-/m0/s1. The second-order valence-corrected chi connectivity index (χ2v) is 11.7. The summed E-state index contributed by atoms with van der Waals surface area (Å²) >= 11 is 6.80. The summed E-state index contributed by atoms with van der Waals surface area (Å²) in [6.07, 6.45) is 3.04. The van der Waals surface area contributed by atoms with Crippen LogP contribution in [0.5, 0.6) is 17.2 Å². The van der Waals surface area contributed by atoms with Gasteiger partial charge in [0.2, 0.25) is 0 Å². The first-order valence-corrected chi connectivity index (χ1v) is 15.1. The molecule has 1 aromatic heterocycles. The van der Waals surface area contributed by atoms with Crippen molar-refractivity contribution in [3.05, 3.63) is 80.5 Å². The van der Waals surface area contributed by atoms with Gasteiger partial charge in [-0.3, -0.25) is 9.36 Å². The molecule has 1 atom stereocenters. The van der Waals surface area contributed by atoms with Gasteiger partial charge in [-0.1, -0.05) is 40.6 Å². The normalized spacial score (nSPS) is 15.1. The van der Waals surface area contributed by atoms with Crippen molar-refractivity contribution in [2.45, 2.75) is 39.7 Å². The Labute approximate surface area is 251 Å². The number of phenols is 1. The Morgan fingerprint density at radius 2 is 1.97 bits per heavy atom. The fourth-order valence-electron chi connectivity index (χ4n) is 4.43. The van der Waals surface area contributed by atoms with Gasteiger partial charge in [0.25, 0.3) is 5.56 Å². The zero-order valence-corrected chi connectivity index (χ0v) is 26.5. The molecule has 2 heterocycles. The fraction of sp³-hybridized carbons (Fsp3) is 0.321. The highest BCUT2D eigenvalue weighted by molar-refractivity contribution is 14.1. The van der Waals surface area contributed by atoms with Crippen LogP contribution in [0, 0.1) is 3.57 Å². The zero-order chi connectivity index (χ0) is 28.3. The van der Waals surface area contributed by atoms with Crippen LogP contribution in [0.15, 0.2) is 55.9 Å². The van der Waals surface area contributed by atoms with Crippen molar-refractivity contribution in [3.8, 4) is 17.2 Å². The van der Waals surface area contributed by atoms with Crippen molar-refractivity contribution >= 4 is 61.9 Å². The highest BCUT2D eigenvalue weighted by atomic mass is 127. The minimum absolute atomic E-state index is 0.0566.